The van der Waals surface area contributed by atoms with Crippen LogP contribution in [0.4, 0.5) is 0 Å². The molecule has 1 N–H and O–H groups in total. The number of nitrogens with zero attached hydrogens (tertiary/aromatic N) is 1. The maximum Gasteiger partial charge on any atom is 0.0207 e. The van der Waals surface area contributed by atoms with Gasteiger partial charge in [0.25, 0.3) is 0 Å². The SMILES string of the molecule is CCCNC1CCN(C(C)(C)CCc2ccccc2)C1. The molecule has 1 aliphatic rings. The van der Waals surface area contributed by atoms with Gasteiger partial charge >= 0.3 is 0 Å². The van der Waals surface area contributed by atoms with Gasteiger partial charge in [-0.25, -0.2) is 0 Å². The van der Waals surface area contributed by atoms with E-state index in [0.29, 0.717) is 11.6 Å². The second-order valence-corrected chi connectivity index (χ2v) is 6.68. The van der Waals surface area contributed by atoms with Crippen molar-refractivity contribution in [3.8, 4) is 0 Å². The fraction of sp³-hybridized carbons (Fsp3) is 0.667. The van der Waals surface area contributed by atoms with Gasteiger partial charge in [0.2, 0.25) is 0 Å². The van der Waals surface area contributed by atoms with Crippen molar-refractivity contribution in [2.24, 2.45) is 0 Å². The molecule has 1 unspecified atom stereocenters. The van der Waals surface area contributed by atoms with E-state index in [1.54, 1.807) is 0 Å². The van der Waals surface area contributed by atoms with E-state index < -0.39 is 0 Å². The highest BCUT2D eigenvalue weighted by molar-refractivity contribution is 5.15. The molecule has 1 heterocycles. The quantitative estimate of drug-likeness (QED) is 0.819. The number of likely N-dealkylation sites (tertiary alicyclic amines) is 1. The fourth-order valence-electron chi connectivity index (χ4n) is 3.08. The molecule has 20 heavy (non-hydrogen) atoms. The van der Waals surface area contributed by atoms with E-state index in [4.69, 9.17) is 0 Å². The topological polar surface area (TPSA) is 15.3 Å². The zero-order valence-corrected chi connectivity index (χ0v) is 13.4. The molecule has 0 radical (unpaired) electrons. The van der Waals surface area contributed by atoms with Crippen LogP contribution in [0, 0.1) is 0 Å². The van der Waals surface area contributed by atoms with Gasteiger partial charge in [-0.05, 0) is 51.6 Å². The van der Waals surface area contributed by atoms with Crippen LogP contribution in [0.3, 0.4) is 0 Å². The van der Waals surface area contributed by atoms with E-state index in [1.165, 1.54) is 44.3 Å². The average molecular weight is 274 g/mol. The summed E-state index contributed by atoms with van der Waals surface area (Å²) in [6.07, 6.45) is 4.94. The third kappa shape index (κ3) is 4.32. The summed E-state index contributed by atoms with van der Waals surface area (Å²) in [7, 11) is 0. The van der Waals surface area contributed by atoms with Gasteiger partial charge in [-0.1, -0.05) is 37.3 Å². The van der Waals surface area contributed by atoms with Crippen LogP contribution in [-0.2, 0) is 6.42 Å². The lowest BCUT2D eigenvalue weighted by atomic mass is 9.93. The Kier molecular flexibility index (Phi) is 5.62. The molecule has 1 aromatic carbocycles. The lowest BCUT2D eigenvalue weighted by Gasteiger charge is -2.36. The lowest BCUT2D eigenvalue weighted by Crippen LogP contribution is -2.44. The van der Waals surface area contributed by atoms with Gasteiger partial charge in [0, 0.05) is 24.7 Å². The summed E-state index contributed by atoms with van der Waals surface area (Å²) in [4.78, 5) is 2.67. The van der Waals surface area contributed by atoms with Gasteiger partial charge in [0.05, 0.1) is 0 Å². The zero-order chi connectivity index (χ0) is 14.4. The maximum absolute atomic E-state index is 3.67. The normalized spacial score (nSPS) is 20.4. The van der Waals surface area contributed by atoms with Crippen molar-refractivity contribution in [3.05, 3.63) is 35.9 Å². The molecule has 0 bridgehead atoms. The summed E-state index contributed by atoms with van der Waals surface area (Å²) >= 11 is 0. The molecule has 2 heteroatoms. The fourth-order valence-corrected chi connectivity index (χ4v) is 3.08. The summed E-state index contributed by atoms with van der Waals surface area (Å²) in [6, 6.07) is 11.6. The summed E-state index contributed by atoms with van der Waals surface area (Å²) in [5.41, 5.74) is 1.76. The second-order valence-electron chi connectivity index (χ2n) is 6.68. The molecule has 2 rings (SSSR count). The summed E-state index contributed by atoms with van der Waals surface area (Å²) in [5, 5.41) is 3.67. The average Bonchev–Trinajstić information content (AvgIpc) is 2.94. The Labute approximate surface area is 124 Å². The molecule has 1 atom stereocenters. The predicted octanol–water partition coefficient (Wildman–Crippen LogP) is 3.47. The number of benzene rings is 1. The Hall–Kier alpha value is -0.860. The minimum Gasteiger partial charge on any atom is -0.313 e. The molecule has 0 aromatic heterocycles. The standard InChI is InChI=1S/C18H30N2/c1-4-13-19-17-11-14-20(15-17)18(2,3)12-10-16-8-6-5-7-9-16/h5-9,17,19H,4,10-15H2,1-3H3. The zero-order valence-electron chi connectivity index (χ0n) is 13.4. The summed E-state index contributed by atoms with van der Waals surface area (Å²) < 4.78 is 0. The van der Waals surface area contributed by atoms with Crippen molar-refractivity contribution in [1.82, 2.24) is 10.2 Å². The summed E-state index contributed by atoms with van der Waals surface area (Å²) in [5.74, 6) is 0. The molecule has 0 aliphatic carbocycles. The Morgan fingerprint density at radius 3 is 2.70 bits per heavy atom. The van der Waals surface area contributed by atoms with Crippen LogP contribution in [0.2, 0.25) is 0 Å². The Morgan fingerprint density at radius 1 is 1.25 bits per heavy atom. The summed E-state index contributed by atoms with van der Waals surface area (Å²) in [6.45, 7) is 10.6. The Balaban J connectivity index is 1.81. The smallest absolute Gasteiger partial charge is 0.0207 e. The number of rotatable bonds is 7. The first-order valence-electron chi connectivity index (χ1n) is 8.14. The van der Waals surface area contributed by atoms with Crippen LogP contribution in [0.5, 0.6) is 0 Å². The lowest BCUT2D eigenvalue weighted by molar-refractivity contribution is 0.141. The van der Waals surface area contributed by atoms with E-state index in [0.717, 1.165) is 6.54 Å². The first-order chi connectivity index (χ1) is 9.62. The van der Waals surface area contributed by atoms with Gasteiger partial charge in [0.15, 0.2) is 0 Å². The van der Waals surface area contributed by atoms with Crippen molar-refractivity contribution in [2.45, 2.75) is 58.0 Å². The molecule has 1 saturated heterocycles. The van der Waals surface area contributed by atoms with Crippen LogP contribution < -0.4 is 5.32 Å². The molecule has 2 nitrogen and oxygen atoms in total. The van der Waals surface area contributed by atoms with Crippen molar-refractivity contribution in [3.63, 3.8) is 0 Å². The number of hydrogen-bond acceptors (Lipinski definition) is 2. The first kappa shape index (κ1) is 15.5. The molecule has 0 amide bonds. The number of nitrogens with one attached hydrogen (secondary N) is 1. The van der Waals surface area contributed by atoms with E-state index in [-0.39, 0.29) is 0 Å². The highest BCUT2D eigenvalue weighted by Gasteiger charge is 2.32. The third-order valence-corrected chi connectivity index (χ3v) is 4.60. The minimum atomic E-state index is 0.304. The molecular weight excluding hydrogens is 244 g/mol. The van der Waals surface area contributed by atoms with Gasteiger partial charge in [-0.2, -0.15) is 0 Å². The largest absolute Gasteiger partial charge is 0.313 e. The van der Waals surface area contributed by atoms with E-state index in [9.17, 15) is 0 Å². The number of aryl methyl sites for hydroxylation is 1. The van der Waals surface area contributed by atoms with Gasteiger partial charge in [-0.3, -0.25) is 4.90 Å². The van der Waals surface area contributed by atoms with E-state index >= 15 is 0 Å². The van der Waals surface area contributed by atoms with E-state index in [1.807, 2.05) is 0 Å². The van der Waals surface area contributed by atoms with E-state index in [2.05, 4.69) is 61.3 Å². The monoisotopic (exact) mass is 274 g/mol. The van der Waals surface area contributed by atoms with Gasteiger partial charge in [-0.15, -0.1) is 0 Å². The predicted molar refractivity (Wildman–Crippen MR) is 87.1 cm³/mol. The van der Waals surface area contributed by atoms with Crippen molar-refractivity contribution in [1.29, 1.82) is 0 Å². The molecule has 0 spiro atoms. The highest BCUT2D eigenvalue weighted by atomic mass is 15.2. The molecular formula is C18H30N2. The van der Waals surface area contributed by atoms with Crippen LogP contribution in [-0.4, -0.2) is 36.1 Å². The van der Waals surface area contributed by atoms with Gasteiger partial charge < -0.3 is 5.32 Å². The Bertz CT molecular complexity index is 386. The molecule has 1 fully saturated rings. The molecule has 0 saturated carbocycles. The van der Waals surface area contributed by atoms with Crippen LogP contribution in [0.25, 0.3) is 0 Å². The van der Waals surface area contributed by atoms with Crippen LogP contribution in [0.1, 0.15) is 45.6 Å². The second kappa shape index (κ2) is 7.24. The number of hydrogen-bond donors (Lipinski definition) is 1. The van der Waals surface area contributed by atoms with Crippen molar-refractivity contribution in [2.75, 3.05) is 19.6 Å². The minimum absolute atomic E-state index is 0.304. The molecule has 1 aliphatic heterocycles. The Morgan fingerprint density at radius 2 is 2.00 bits per heavy atom. The van der Waals surface area contributed by atoms with Crippen LogP contribution >= 0.6 is 0 Å². The van der Waals surface area contributed by atoms with Gasteiger partial charge in [0.1, 0.15) is 0 Å². The molecule has 112 valence electrons. The van der Waals surface area contributed by atoms with Crippen LogP contribution in [0.15, 0.2) is 30.3 Å². The van der Waals surface area contributed by atoms with Crippen molar-refractivity contribution < 1.29 is 0 Å². The van der Waals surface area contributed by atoms with Crippen molar-refractivity contribution >= 4 is 0 Å². The molecule has 1 aromatic rings. The highest BCUT2D eigenvalue weighted by Crippen LogP contribution is 2.26. The third-order valence-electron chi connectivity index (χ3n) is 4.60. The first-order valence-corrected chi connectivity index (χ1v) is 8.14. The maximum atomic E-state index is 3.67.